The second-order valence-corrected chi connectivity index (χ2v) is 2.74. The van der Waals surface area contributed by atoms with Gasteiger partial charge in [-0.15, -0.1) is 0 Å². The van der Waals surface area contributed by atoms with Crippen LogP contribution in [0.4, 0.5) is 0 Å². The highest BCUT2D eigenvalue weighted by Gasteiger charge is 2.18. The molecular formula is C6H16NO+. The van der Waals surface area contributed by atoms with Gasteiger partial charge in [-0.25, -0.2) is 5.21 Å². The summed E-state index contributed by atoms with van der Waals surface area (Å²) in [6.07, 6.45) is 1.02. The van der Waals surface area contributed by atoms with Crippen LogP contribution in [0.1, 0.15) is 20.3 Å². The number of quaternary nitrogens is 1. The second-order valence-electron chi connectivity index (χ2n) is 2.74. The van der Waals surface area contributed by atoms with E-state index < -0.39 is 0 Å². The van der Waals surface area contributed by atoms with Gasteiger partial charge in [-0.3, -0.25) is 0 Å². The Labute approximate surface area is 51.3 Å². The number of hydrogen-bond acceptors (Lipinski definition) is 1. The minimum atomic E-state index is 0.0799. The normalized spacial score (nSPS) is 16.1. The molecule has 0 aromatic carbocycles. The summed E-state index contributed by atoms with van der Waals surface area (Å²) in [5.41, 5.74) is 0. The largest absolute Gasteiger partial charge is 0.217 e. The van der Waals surface area contributed by atoms with Crippen molar-refractivity contribution in [1.29, 1.82) is 0 Å². The molecule has 0 fully saturated rings. The van der Waals surface area contributed by atoms with Gasteiger partial charge in [0.25, 0.3) is 0 Å². The summed E-state index contributed by atoms with van der Waals surface area (Å²) in [5.74, 6) is 0. The van der Waals surface area contributed by atoms with Crippen LogP contribution in [0.25, 0.3) is 0 Å². The summed E-state index contributed by atoms with van der Waals surface area (Å²) in [7, 11) is 3.57. The Kier molecular flexibility index (Phi) is 2.44. The van der Waals surface area contributed by atoms with Crippen molar-refractivity contribution in [3.63, 3.8) is 0 Å². The van der Waals surface area contributed by atoms with Crippen LogP contribution >= 0.6 is 0 Å². The smallest absolute Gasteiger partial charge is 0.115 e. The first-order valence-electron chi connectivity index (χ1n) is 3.05. The summed E-state index contributed by atoms with van der Waals surface area (Å²) in [5, 5.41) is 9.22. The lowest BCUT2D eigenvalue weighted by Crippen LogP contribution is -2.43. The quantitative estimate of drug-likeness (QED) is 0.427. The molecule has 2 heteroatoms. The van der Waals surface area contributed by atoms with E-state index in [0.717, 1.165) is 6.42 Å². The molecule has 0 saturated heterocycles. The van der Waals surface area contributed by atoms with E-state index in [1.165, 1.54) is 0 Å². The van der Waals surface area contributed by atoms with Crippen LogP contribution in [-0.2, 0) is 0 Å². The Hall–Kier alpha value is -0.0800. The molecule has 2 nitrogen and oxygen atoms in total. The van der Waals surface area contributed by atoms with Crippen molar-refractivity contribution in [2.75, 3.05) is 14.1 Å². The van der Waals surface area contributed by atoms with Crippen LogP contribution in [0.2, 0.25) is 0 Å². The molecule has 0 aliphatic heterocycles. The second kappa shape index (κ2) is 2.46. The highest BCUT2D eigenvalue weighted by molar-refractivity contribution is 4.39. The van der Waals surface area contributed by atoms with Gasteiger partial charge in [0.1, 0.15) is 6.04 Å². The highest BCUT2D eigenvalue weighted by atomic mass is 16.5. The van der Waals surface area contributed by atoms with E-state index in [1.807, 2.05) is 6.92 Å². The first-order valence-corrected chi connectivity index (χ1v) is 3.05. The molecule has 0 aliphatic rings. The summed E-state index contributed by atoms with van der Waals surface area (Å²) >= 11 is 0. The van der Waals surface area contributed by atoms with Gasteiger partial charge in [0, 0.05) is 0 Å². The lowest BCUT2D eigenvalue weighted by molar-refractivity contribution is -1.09. The molecule has 0 saturated carbocycles. The third kappa shape index (κ3) is 2.28. The minimum Gasteiger partial charge on any atom is -0.217 e. The van der Waals surface area contributed by atoms with Crippen LogP contribution in [0.3, 0.4) is 0 Å². The molecule has 0 aromatic rings. The van der Waals surface area contributed by atoms with Crippen molar-refractivity contribution >= 4 is 0 Å². The van der Waals surface area contributed by atoms with Gasteiger partial charge in [-0.1, -0.05) is 6.92 Å². The molecular weight excluding hydrogens is 102 g/mol. The molecule has 0 aromatic heterocycles. The Morgan fingerprint density at radius 3 is 1.88 bits per heavy atom. The third-order valence-electron chi connectivity index (χ3n) is 1.67. The SMILES string of the molecule is CCC(C)[N+](C)(C)O. The van der Waals surface area contributed by atoms with Gasteiger partial charge in [-0.05, 0) is 13.3 Å². The van der Waals surface area contributed by atoms with Gasteiger partial charge in [-0.2, -0.15) is 4.65 Å². The first-order chi connectivity index (χ1) is 3.48. The van der Waals surface area contributed by atoms with Crippen molar-refractivity contribution in [2.24, 2.45) is 0 Å². The maximum absolute atomic E-state index is 9.22. The summed E-state index contributed by atoms with van der Waals surface area (Å²) < 4.78 is 0.0799. The molecule has 0 rings (SSSR count). The van der Waals surface area contributed by atoms with E-state index in [2.05, 4.69) is 6.92 Å². The van der Waals surface area contributed by atoms with Crippen LogP contribution in [-0.4, -0.2) is 30.0 Å². The van der Waals surface area contributed by atoms with Gasteiger partial charge in [0.2, 0.25) is 0 Å². The van der Waals surface area contributed by atoms with Crippen LogP contribution in [0.5, 0.6) is 0 Å². The number of rotatable bonds is 2. The predicted octanol–water partition coefficient (Wildman–Crippen LogP) is 1.25. The highest BCUT2D eigenvalue weighted by Crippen LogP contribution is 2.03. The fourth-order valence-electron chi connectivity index (χ4n) is 0.447. The van der Waals surface area contributed by atoms with Crippen molar-refractivity contribution < 1.29 is 9.85 Å². The monoisotopic (exact) mass is 118 g/mol. The zero-order chi connectivity index (χ0) is 6.78. The number of hydrogen-bond donors (Lipinski definition) is 1. The van der Waals surface area contributed by atoms with Gasteiger partial charge < -0.3 is 0 Å². The third-order valence-corrected chi connectivity index (χ3v) is 1.67. The Morgan fingerprint density at radius 1 is 1.50 bits per heavy atom. The summed E-state index contributed by atoms with van der Waals surface area (Å²) in [6.45, 7) is 4.10. The molecule has 0 aliphatic carbocycles. The molecule has 1 unspecified atom stereocenters. The average Bonchev–Trinajstić information content (AvgIpc) is 1.62. The molecule has 0 spiro atoms. The lowest BCUT2D eigenvalue weighted by atomic mass is 10.2. The molecule has 8 heavy (non-hydrogen) atoms. The Balaban J connectivity index is 3.62. The van der Waals surface area contributed by atoms with Crippen LogP contribution in [0, 0.1) is 0 Å². The van der Waals surface area contributed by atoms with E-state index in [-0.39, 0.29) is 4.65 Å². The lowest BCUT2D eigenvalue weighted by Gasteiger charge is -2.25. The minimum absolute atomic E-state index is 0.0799. The summed E-state index contributed by atoms with van der Waals surface area (Å²) in [6, 6.07) is 0.343. The van der Waals surface area contributed by atoms with Gasteiger partial charge >= 0.3 is 0 Å². The van der Waals surface area contributed by atoms with E-state index in [4.69, 9.17) is 0 Å². The first kappa shape index (κ1) is 7.92. The van der Waals surface area contributed by atoms with Crippen LogP contribution in [0.15, 0.2) is 0 Å². The van der Waals surface area contributed by atoms with E-state index >= 15 is 0 Å². The maximum atomic E-state index is 9.22. The zero-order valence-corrected chi connectivity index (χ0v) is 6.18. The number of nitrogens with zero attached hydrogens (tertiary/aromatic N) is 1. The molecule has 0 bridgehead atoms. The Bertz CT molecular complexity index is 65.4. The standard InChI is InChI=1S/C6H16NO/c1-5-6(2)7(3,4)8/h6,8H,5H2,1-4H3/q+1. The van der Waals surface area contributed by atoms with E-state index in [0.29, 0.717) is 6.04 Å². The van der Waals surface area contributed by atoms with E-state index in [1.54, 1.807) is 14.1 Å². The molecule has 0 heterocycles. The van der Waals surface area contributed by atoms with Crippen molar-refractivity contribution in [2.45, 2.75) is 26.3 Å². The van der Waals surface area contributed by atoms with E-state index in [9.17, 15) is 5.21 Å². The molecule has 1 N–H and O–H groups in total. The fourth-order valence-corrected chi connectivity index (χ4v) is 0.447. The topological polar surface area (TPSA) is 20.2 Å². The number of hydroxylamine groups is 3. The van der Waals surface area contributed by atoms with Crippen molar-refractivity contribution in [3.05, 3.63) is 0 Å². The van der Waals surface area contributed by atoms with Gasteiger partial charge in [0.05, 0.1) is 14.1 Å². The molecule has 50 valence electrons. The molecule has 1 atom stereocenters. The maximum Gasteiger partial charge on any atom is 0.115 e. The molecule has 0 radical (unpaired) electrons. The summed E-state index contributed by atoms with van der Waals surface area (Å²) in [4.78, 5) is 0. The fraction of sp³-hybridized carbons (Fsp3) is 1.00. The Morgan fingerprint density at radius 2 is 1.88 bits per heavy atom. The van der Waals surface area contributed by atoms with Gasteiger partial charge in [0.15, 0.2) is 0 Å². The van der Waals surface area contributed by atoms with Crippen molar-refractivity contribution in [1.82, 2.24) is 0 Å². The zero-order valence-electron chi connectivity index (χ0n) is 6.18. The van der Waals surface area contributed by atoms with Crippen molar-refractivity contribution in [3.8, 4) is 0 Å². The van der Waals surface area contributed by atoms with Crippen LogP contribution < -0.4 is 0 Å². The average molecular weight is 118 g/mol. The molecule has 0 amide bonds. The predicted molar refractivity (Wildman–Crippen MR) is 33.6 cm³/mol.